The van der Waals surface area contributed by atoms with Crippen LogP contribution in [-0.4, -0.2) is 61.0 Å². The number of hydrogen-bond donors (Lipinski definition) is 1. The minimum Gasteiger partial charge on any atom is -0.454 e. The number of ether oxygens (including phenoxy) is 3. The van der Waals surface area contributed by atoms with Crippen molar-refractivity contribution in [1.29, 1.82) is 0 Å². The molecule has 1 N–H and O–H groups in total. The molecule has 0 saturated carbocycles. The highest BCUT2D eigenvalue weighted by molar-refractivity contribution is 6.31. The zero-order valence-electron chi connectivity index (χ0n) is 17.8. The fraction of sp³-hybridized carbons (Fsp3) is 0.375. The quantitative estimate of drug-likeness (QED) is 0.409. The second-order valence-corrected chi connectivity index (χ2v) is 8.21. The summed E-state index contributed by atoms with van der Waals surface area (Å²) >= 11 is 6.37. The Labute approximate surface area is 192 Å². The highest BCUT2D eigenvalue weighted by atomic mass is 35.5. The van der Waals surface area contributed by atoms with Crippen molar-refractivity contribution in [2.75, 3.05) is 33.1 Å². The lowest BCUT2D eigenvalue weighted by molar-refractivity contribution is 0.00337. The maximum atomic E-state index is 10.5. The van der Waals surface area contributed by atoms with Crippen molar-refractivity contribution in [2.45, 2.75) is 25.2 Å². The van der Waals surface area contributed by atoms with Gasteiger partial charge < -0.3 is 24.2 Å². The Morgan fingerprint density at radius 2 is 2.09 bits per heavy atom. The molecule has 0 aromatic heterocycles. The topological polar surface area (TPSA) is 72.8 Å². The first-order chi connectivity index (χ1) is 15.6. The molecule has 2 heterocycles. The lowest BCUT2D eigenvalue weighted by Gasteiger charge is -2.27. The van der Waals surface area contributed by atoms with Gasteiger partial charge in [0.2, 0.25) is 6.79 Å². The third-order valence-corrected chi connectivity index (χ3v) is 5.64. The Morgan fingerprint density at radius 3 is 2.94 bits per heavy atom. The van der Waals surface area contributed by atoms with Crippen molar-refractivity contribution in [2.24, 2.45) is 5.16 Å². The maximum Gasteiger partial charge on any atom is 0.231 e. The van der Waals surface area contributed by atoms with E-state index in [1.807, 2.05) is 42.5 Å². The van der Waals surface area contributed by atoms with Crippen LogP contribution in [0.3, 0.4) is 0 Å². The molecule has 7 nitrogen and oxygen atoms in total. The number of aliphatic hydroxyl groups is 1. The zero-order valence-corrected chi connectivity index (χ0v) is 18.5. The van der Waals surface area contributed by atoms with Gasteiger partial charge in [0.15, 0.2) is 11.5 Å². The smallest absolute Gasteiger partial charge is 0.231 e. The van der Waals surface area contributed by atoms with Crippen molar-refractivity contribution >= 4 is 17.3 Å². The van der Waals surface area contributed by atoms with E-state index in [0.717, 1.165) is 28.3 Å². The van der Waals surface area contributed by atoms with Crippen LogP contribution in [0.25, 0.3) is 0 Å². The van der Waals surface area contributed by atoms with E-state index in [2.05, 4.69) is 16.6 Å². The van der Waals surface area contributed by atoms with Gasteiger partial charge in [-0.15, -0.1) is 6.58 Å². The second-order valence-electron chi connectivity index (χ2n) is 7.80. The SMILES string of the molecule is C=CCOC[C@H](O)CN(Cc1ccccc1Cl)C[C@H]1CC(c2ccc3c(c2)OCO3)=NO1. The minimum atomic E-state index is -0.645. The zero-order chi connectivity index (χ0) is 22.3. The molecule has 2 aliphatic heterocycles. The van der Waals surface area contributed by atoms with Gasteiger partial charge in [-0.1, -0.05) is 41.0 Å². The molecular formula is C24H27ClN2O5. The summed E-state index contributed by atoms with van der Waals surface area (Å²) in [7, 11) is 0. The standard InChI is InChI=1S/C24H27ClN2O5/c1-2-9-29-15-19(28)13-27(12-18-5-3-4-6-21(18)25)14-20-11-22(26-32-20)17-7-8-23-24(10-17)31-16-30-23/h2-8,10,19-20,28H,1,9,11-16H2/t19-,20-/m1/s1. The molecule has 8 heteroatoms. The average molecular weight is 459 g/mol. The van der Waals surface area contributed by atoms with Crippen LogP contribution in [0.1, 0.15) is 17.5 Å². The summed E-state index contributed by atoms with van der Waals surface area (Å²) in [5.41, 5.74) is 2.80. The molecule has 0 spiro atoms. The number of nitrogens with zero attached hydrogens (tertiary/aromatic N) is 2. The van der Waals surface area contributed by atoms with Gasteiger partial charge in [0.25, 0.3) is 0 Å². The van der Waals surface area contributed by atoms with Crippen LogP contribution in [0.2, 0.25) is 5.02 Å². The summed E-state index contributed by atoms with van der Waals surface area (Å²) in [4.78, 5) is 7.85. The summed E-state index contributed by atoms with van der Waals surface area (Å²) < 4.78 is 16.2. The molecule has 2 aliphatic rings. The molecule has 0 unspecified atom stereocenters. The van der Waals surface area contributed by atoms with Crippen LogP contribution in [0.15, 0.2) is 60.3 Å². The Bertz CT molecular complexity index is 967. The first kappa shape index (κ1) is 22.6. The van der Waals surface area contributed by atoms with E-state index in [9.17, 15) is 5.11 Å². The van der Waals surface area contributed by atoms with Crippen LogP contribution >= 0.6 is 11.6 Å². The number of benzene rings is 2. The van der Waals surface area contributed by atoms with E-state index < -0.39 is 6.10 Å². The molecule has 2 aromatic rings. The fourth-order valence-electron chi connectivity index (χ4n) is 3.77. The molecule has 4 rings (SSSR count). The fourth-order valence-corrected chi connectivity index (χ4v) is 3.97. The van der Waals surface area contributed by atoms with Crippen molar-refractivity contribution in [3.63, 3.8) is 0 Å². The predicted octanol–water partition coefficient (Wildman–Crippen LogP) is 3.63. The average Bonchev–Trinajstić information content (AvgIpc) is 3.44. The van der Waals surface area contributed by atoms with Crippen LogP contribution in [0, 0.1) is 0 Å². The summed E-state index contributed by atoms with van der Waals surface area (Å²) in [6.07, 6.45) is 1.53. The van der Waals surface area contributed by atoms with Gasteiger partial charge in [-0.05, 0) is 29.8 Å². The molecule has 2 aromatic carbocycles. The normalized spacial score (nSPS) is 17.8. The Balaban J connectivity index is 1.39. The van der Waals surface area contributed by atoms with Gasteiger partial charge in [0.1, 0.15) is 6.10 Å². The van der Waals surface area contributed by atoms with Gasteiger partial charge >= 0.3 is 0 Å². The second kappa shape index (κ2) is 10.8. The van der Waals surface area contributed by atoms with E-state index in [-0.39, 0.29) is 19.5 Å². The van der Waals surface area contributed by atoms with Gasteiger partial charge in [-0.3, -0.25) is 4.90 Å². The van der Waals surface area contributed by atoms with Crippen molar-refractivity contribution in [3.05, 3.63) is 71.3 Å². The third kappa shape index (κ3) is 5.81. The van der Waals surface area contributed by atoms with Gasteiger partial charge in [-0.2, -0.15) is 0 Å². The summed E-state index contributed by atoms with van der Waals surface area (Å²) in [5, 5.41) is 15.5. The number of halogens is 1. The first-order valence-electron chi connectivity index (χ1n) is 10.6. The lowest BCUT2D eigenvalue weighted by Crippen LogP contribution is -2.39. The number of hydrogen-bond acceptors (Lipinski definition) is 7. The molecule has 0 aliphatic carbocycles. The number of rotatable bonds is 11. The largest absolute Gasteiger partial charge is 0.454 e. The molecule has 0 fully saturated rings. The maximum absolute atomic E-state index is 10.5. The summed E-state index contributed by atoms with van der Waals surface area (Å²) in [5.74, 6) is 1.46. The molecule has 0 saturated heterocycles. The van der Waals surface area contributed by atoms with Gasteiger partial charge in [0.05, 0.1) is 25.0 Å². The van der Waals surface area contributed by atoms with Crippen molar-refractivity contribution in [1.82, 2.24) is 4.90 Å². The van der Waals surface area contributed by atoms with Crippen LogP contribution in [-0.2, 0) is 16.1 Å². The van der Waals surface area contributed by atoms with Gasteiger partial charge in [-0.25, -0.2) is 0 Å². The Hall–Kier alpha value is -2.58. The Kier molecular flexibility index (Phi) is 7.65. The monoisotopic (exact) mass is 458 g/mol. The molecule has 2 atom stereocenters. The summed E-state index contributed by atoms with van der Waals surface area (Å²) in [6, 6.07) is 13.5. The first-order valence-corrected chi connectivity index (χ1v) is 11.0. The van der Waals surface area contributed by atoms with Gasteiger partial charge in [0, 0.05) is 36.6 Å². The van der Waals surface area contributed by atoms with E-state index >= 15 is 0 Å². The Morgan fingerprint density at radius 1 is 1.25 bits per heavy atom. The van der Waals surface area contributed by atoms with E-state index in [1.165, 1.54) is 0 Å². The predicted molar refractivity (Wildman–Crippen MR) is 122 cm³/mol. The van der Waals surface area contributed by atoms with Crippen molar-refractivity contribution < 1.29 is 24.2 Å². The highest BCUT2D eigenvalue weighted by Gasteiger charge is 2.27. The molecule has 170 valence electrons. The van der Waals surface area contributed by atoms with Crippen LogP contribution in [0.4, 0.5) is 0 Å². The van der Waals surface area contributed by atoms with Crippen LogP contribution in [0.5, 0.6) is 11.5 Å². The molecule has 0 amide bonds. The van der Waals surface area contributed by atoms with Crippen molar-refractivity contribution in [3.8, 4) is 11.5 Å². The lowest BCUT2D eigenvalue weighted by atomic mass is 10.0. The van der Waals surface area contributed by atoms with E-state index in [0.29, 0.717) is 37.7 Å². The third-order valence-electron chi connectivity index (χ3n) is 5.27. The number of aliphatic hydroxyl groups excluding tert-OH is 1. The molecule has 0 bridgehead atoms. The van der Waals surface area contributed by atoms with Crippen LogP contribution < -0.4 is 9.47 Å². The molecule has 0 radical (unpaired) electrons. The summed E-state index contributed by atoms with van der Waals surface area (Å²) in [6.45, 7) is 6.08. The molecule has 32 heavy (non-hydrogen) atoms. The number of fused-ring (bicyclic) bond motifs is 1. The number of oxime groups is 1. The van der Waals surface area contributed by atoms with E-state index in [4.69, 9.17) is 30.6 Å². The minimum absolute atomic E-state index is 0.140. The molecular weight excluding hydrogens is 432 g/mol. The van der Waals surface area contributed by atoms with E-state index in [1.54, 1.807) is 6.08 Å². The highest BCUT2D eigenvalue weighted by Crippen LogP contribution is 2.33.